The molecule has 4 N–H and O–H groups in total. The lowest BCUT2D eigenvalue weighted by Crippen LogP contribution is -2.48. The number of nitrogens with zero attached hydrogens (tertiary/aromatic N) is 1. The Morgan fingerprint density at radius 3 is 2.35 bits per heavy atom. The van der Waals surface area contributed by atoms with E-state index in [4.69, 9.17) is 5.11 Å². The van der Waals surface area contributed by atoms with Crippen LogP contribution in [0.3, 0.4) is 0 Å². The van der Waals surface area contributed by atoms with E-state index >= 15 is 0 Å². The third kappa shape index (κ3) is 8.83. The van der Waals surface area contributed by atoms with Gasteiger partial charge in [0.05, 0.1) is 6.54 Å². The molecule has 0 unspecified atom stereocenters. The summed E-state index contributed by atoms with van der Waals surface area (Å²) >= 11 is 7.64. The maximum Gasteiger partial charge on any atom is 0.303 e. The number of rotatable bonds is 13. The summed E-state index contributed by atoms with van der Waals surface area (Å²) in [5, 5.41) is 18.7. The molecule has 0 saturated heterocycles. The lowest BCUT2D eigenvalue weighted by Gasteiger charge is -2.18. The molecule has 1 aromatic carbocycles. The summed E-state index contributed by atoms with van der Waals surface area (Å²) < 4.78 is 0.125. The highest BCUT2D eigenvalue weighted by Gasteiger charge is 2.35. The molecule has 212 valence electrons. The van der Waals surface area contributed by atoms with Crippen molar-refractivity contribution in [2.24, 2.45) is 0 Å². The van der Waals surface area contributed by atoms with Crippen LogP contribution in [0.4, 0.5) is 5.69 Å². The number of benzene rings is 1. The van der Waals surface area contributed by atoms with Gasteiger partial charge in [-0.3, -0.25) is 33.7 Å². The van der Waals surface area contributed by atoms with E-state index in [1.54, 1.807) is 23.5 Å². The number of aliphatic carboxylic acids is 1. The second-order valence-corrected chi connectivity index (χ2v) is 11.5. The van der Waals surface area contributed by atoms with E-state index in [0.29, 0.717) is 12.1 Å². The molecule has 2 aromatic rings. The Morgan fingerprint density at radius 2 is 1.73 bits per heavy atom. The topological polar surface area (TPSA) is 162 Å². The van der Waals surface area contributed by atoms with Crippen molar-refractivity contribution in [2.75, 3.05) is 18.4 Å². The van der Waals surface area contributed by atoms with Gasteiger partial charge in [-0.2, -0.15) is 0 Å². The van der Waals surface area contributed by atoms with Gasteiger partial charge in [-0.05, 0) is 79.9 Å². The highest BCUT2D eigenvalue weighted by Crippen LogP contribution is 2.29. The molecular formula is C26H26Br2N4O7S. The number of carboxylic acid groups (broad SMARTS) is 1. The molecule has 0 radical (unpaired) electrons. The molecule has 1 aliphatic heterocycles. The van der Waals surface area contributed by atoms with Crippen LogP contribution in [-0.2, 0) is 35.2 Å². The first-order valence-electron chi connectivity index (χ1n) is 12.1. The number of hydrogen-bond acceptors (Lipinski definition) is 7. The van der Waals surface area contributed by atoms with E-state index in [0.717, 1.165) is 10.5 Å². The number of imide groups is 1. The smallest absolute Gasteiger partial charge is 0.303 e. The van der Waals surface area contributed by atoms with Gasteiger partial charge in [0.25, 0.3) is 11.8 Å². The number of halogens is 2. The van der Waals surface area contributed by atoms with Crippen molar-refractivity contribution in [1.29, 1.82) is 0 Å². The number of carbonyl (C=O) groups is 6. The van der Waals surface area contributed by atoms with Crippen molar-refractivity contribution in [3.63, 3.8) is 0 Å². The number of anilines is 1. The molecule has 3 rings (SSSR count). The first-order valence-corrected chi connectivity index (χ1v) is 14.5. The number of carbonyl (C=O) groups excluding carboxylic acids is 5. The minimum Gasteiger partial charge on any atom is -0.481 e. The molecule has 14 heteroatoms. The van der Waals surface area contributed by atoms with E-state index < -0.39 is 48.1 Å². The molecular weight excluding hydrogens is 672 g/mol. The maximum absolute atomic E-state index is 13.0. The summed E-state index contributed by atoms with van der Waals surface area (Å²) in [4.78, 5) is 74.8. The van der Waals surface area contributed by atoms with Crippen LogP contribution in [0.1, 0.15) is 35.3 Å². The van der Waals surface area contributed by atoms with Crippen LogP contribution in [0.5, 0.6) is 0 Å². The predicted molar refractivity (Wildman–Crippen MR) is 155 cm³/mol. The van der Waals surface area contributed by atoms with Gasteiger partial charge in [0, 0.05) is 36.4 Å². The zero-order valence-electron chi connectivity index (χ0n) is 21.3. The molecule has 0 fully saturated rings. The monoisotopic (exact) mass is 696 g/mol. The van der Waals surface area contributed by atoms with Gasteiger partial charge < -0.3 is 21.1 Å². The predicted octanol–water partition coefficient (Wildman–Crippen LogP) is 2.81. The normalized spacial score (nSPS) is 13.8. The van der Waals surface area contributed by atoms with Crippen molar-refractivity contribution in [3.8, 4) is 0 Å². The summed E-state index contributed by atoms with van der Waals surface area (Å²) in [6.07, 6.45) is -0.0770. The van der Waals surface area contributed by atoms with Gasteiger partial charge in [0.2, 0.25) is 17.7 Å². The first kappa shape index (κ1) is 31.2. The molecule has 0 saturated carbocycles. The number of nitrogens with one attached hydrogen (secondary N) is 3. The van der Waals surface area contributed by atoms with Crippen LogP contribution in [0, 0.1) is 6.92 Å². The molecule has 1 atom stereocenters. The molecule has 0 bridgehead atoms. The van der Waals surface area contributed by atoms with Crippen molar-refractivity contribution in [1.82, 2.24) is 15.5 Å². The maximum atomic E-state index is 13.0. The van der Waals surface area contributed by atoms with Gasteiger partial charge in [-0.15, -0.1) is 11.3 Å². The van der Waals surface area contributed by atoms with Crippen LogP contribution in [0.25, 0.3) is 0 Å². The van der Waals surface area contributed by atoms with Crippen molar-refractivity contribution >= 4 is 84.4 Å². The van der Waals surface area contributed by atoms with E-state index in [1.807, 2.05) is 19.1 Å². The van der Waals surface area contributed by atoms with Crippen molar-refractivity contribution in [2.45, 2.75) is 38.6 Å². The summed E-state index contributed by atoms with van der Waals surface area (Å²) in [5.41, 5.74) is 2.65. The average Bonchev–Trinajstić information content (AvgIpc) is 3.39. The Kier molecular flexibility index (Phi) is 11.2. The van der Waals surface area contributed by atoms with Gasteiger partial charge in [-0.25, -0.2) is 0 Å². The highest BCUT2D eigenvalue weighted by atomic mass is 79.9. The van der Waals surface area contributed by atoms with E-state index in [9.17, 15) is 28.8 Å². The van der Waals surface area contributed by atoms with Crippen LogP contribution in [0.2, 0.25) is 0 Å². The third-order valence-electron chi connectivity index (χ3n) is 5.72. The van der Waals surface area contributed by atoms with Crippen LogP contribution in [-0.4, -0.2) is 64.6 Å². The molecule has 1 aromatic heterocycles. The summed E-state index contributed by atoms with van der Waals surface area (Å²) in [6.45, 7) is 1.34. The lowest BCUT2D eigenvalue weighted by atomic mass is 10.1. The number of amides is 5. The standard InChI is InChI=1S/C26H26Br2N4O7S/c1-14-9-17(40-13-14)11-15-3-2-4-16(10-15)30-24(37)18(5-6-21(35)36)31-20(34)12-29-19(33)7-8-32-25(38)22(27)23(28)26(32)39/h2-4,9-10,13,18H,5-8,11-12H2,1H3,(H,29,33)(H,30,37)(H,31,34)(H,35,36)/t18-/m0/s1. The fourth-order valence-corrected chi connectivity index (χ4v) is 5.43. The minimum absolute atomic E-state index is 0.0623. The Morgan fingerprint density at radius 1 is 1.02 bits per heavy atom. The van der Waals surface area contributed by atoms with Gasteiger partial charge in [0.15, 0.2) is 0 Å². The number of hydrogen-bond donors (Lipinski definition) is 4. The summed E-state index contributed by atoms with van der Waals surface area (Å²) in [6, 6.07) is 8.16. The quantitative estimate of drug-likeness (QED) is 0.234. The van der Waals surface area contributed by atoms with Gasteiger partial charge in [-0.1, -0.05) is 12.1 Å². The number of carboxylic acids is 1. The number of thiophene rings is 1. The first-order chi connectivity index (χ1) is 18.9. The number of aryl methyl sites for hydroxylation is 1. The van der Waals surface area contributed by atoms with Gasteiger partial charge >= 0.3 is 5.97 Å². The average molecular weight is 698 g/mol. The van der Waals surface area contributed by atoms with Crippen molar-refractivity contribution in [3.05, 3.63) is 60.7 Å². The van der Waals surface area contributed by atoms with Crippen molar-refractivity contribution < 1.29 is 33.9 Å². The minimum atomic E-state index is -1.16. The Bertz CT molecular complexity index is 1350. The molecule has 1 aliphatic rings. The Balaban J connectivity index is 1.52. The summed E-state index contributed by atoms with van der Waals surface area (Å²) in [7, 11) is 0. The summed E-state index contributed by atoms with van der Waals surface area (Å²) in [5.74, 6) is -4.20. The van der Waals surface area contributed by atoms with Crippen LogP contribution in [0.15, 0.2) is 44.7 Å². The fraction of sp³-hybridized carbons (Fsp3) is 0.308. The highest BCUT2D eigenvalue weighted by molar-refractivity contribution is 9.14. The molecule has 5 amide bonds. The van der Waals surface area contributed by atoms with E-state index in [-0.39, 0.29) is 34.8 Å². The van der Waals surface area contributed by atoms with Gasteiger partial charge in [0.1, 0.15) is 15.0 Å². The lowest BCUT2D eigenvalue weighted by molar-refractivity contribution is -0.138. The molecule has 0 aliphatic carbocycles. The molecule has 40 heavy (non-hydrogen) atoms. The Hall–Kier alpha value is -3.36. The van der Waals surface area contributed by atoms with E-state index in [2.05, 4.69) is 59.3 Å². The van der Waals surface area contributed by atoms with E-state index in [1.165, 1.54) is 10.4 Å². The SMILES string of the molecule is Cc1csc(Cc2cccc(NC(=O)[C@H](CCC(=O)O)NC(=O)CNC(=O)CCN3C(=O)C(Br)=C(Br)C3=O)c2)c1. The molecule has 2 heterocycles. The molecule has 11 nitrogen and oxygen atoms in total. The fourth-order valence-electron chi connectivity index (χ4n) is 3.76. The third-order valence-corrected chi connectivity index (χ3v) is 8.78. The second-order valence-electron chi connectivity index (χ2n) is 8.93. The van der Waals surface area contributed by atoms with Crippen LogP contribution < -0.4 is 16.0 Å². The largest absolute Gasteiger partial charge is 0.481 e. The Labute approximate surface area is 250 Å². The zero-order valence-corrected chi connectivity index (χ0v) is 25.3. The second kappa shape index (κ2) is 14.3. The molecule has 0 spiro atoms. The van der Waals surface area contributed by atoms with Crippen LogP contribution >= 0.6 is 43.2 Å². The zero-order chi connectivity index (χ0) is 29.4.